The second-order valence-corrected chi connectivity index (χ2v) is 10.1. The van der Waals surface area contributed by atoms with Gasteiger partial charge in [-0.2, -0.15) is 9.97 Å². The molecule has 2 aliphatic heterocycles. The first-order chi connectivity index (χ1) is 18.0. The molecule has 1 unspecified atom stereocenters. The predicted molar refractivity (Wildman–Crippen MR) is 131 cm³/mol. The smallest absolute Gasteiger partial charge is 0.394 e. The highest BCUT2D eigenvalue weighted by Crippen LogP contribution is 2.49. The monoisotopic (exact) mass is 573 g/mol. The lowest BCUT2D eigenvalue weighted by molar-refractivity contribution is -0.0564. The fourth-order valence-electron chi connectivity index (χ4n) is 4.35. The molecule has 5 heterocycles. The highest BCUT2D eigenvalue weighted by Gasteiger charge is 2.43. The zero-order chi connectivity index (χ0) is 27.2. The molecule has 0 aliphatic carbocycles. The molecule has 0 radical (unpaired) electrons. The fraction of sp³-hybridized carbons (Fsp3) is 0.526. The number of nitrogens with zero attached hydrogens (tertiary/aromatic N) is 5. The minimum atomic E-state index is -4.74. The van der Waals surface area contributed by atoms with Crippen molar-refractivity contribution in [3.05, 3.63) is 39.4 Å². The Bertz CT molecular complexity index is 1490. The van der Waals surface area contributed by atoms with E-state index in [9.17, 15) is 29.3 Å². The maximum Gasteiger partial charge on any atom is 0.472 e. The number of aliphatic hydroxyl groups excluding tert-OH is 2. The minimum absolute atomic E-state index is 0. The topological polar surface area (TPSA) is 300 Å². The van der Waals surface area contributed by atoms with E-state index in [4.69, 9.17) is 30.0 Å². The van der Waals surface area contributed by atoms with Crippen molar-refractivity contribution in [2.24, 2.45) is 0 Å². The predicted octanol–water partition coefficient (Wildman–Crippen LogP) is -1.87. The molecule has 0 bridgehead atoms. The number of hydrogen-bond acceptors (Lipinski definition) is 15. The van der Waals surface area contributed by atoms with Crippen LogP contribution in [0.1, 0.15) is 25.3 Å². The Morgan fingerprint density at radius 2 is 1.87 bits per heavy atom. The van der Waals surface area contributed by atoms with Crippen LogP contribution in [0.25, 0.3) is 11.2 Å². The zero-order valence-corrected chi connectivity index (χ0v) is 21.2. The number of ether oxygens (including phenoxy) is 2. The van der Waals surface area contributed by atoms with Crippen molar-refractivity contribution in [1.29, 1.82) is 0 Å². The number of aromatic nitrogens is 6. The number of fused-ring (bicyclic) bond motifs is 1. The van der Waals surface area contributed by atoms with E-state index in [-0.39, 0.29) is 41.9 Å². The van der Waals surface area contributed by atoms with Crippen LogP contribution in [0.15, 0.2) is 28.2 Å². The average molecular weight is 573 g/mol. The number of phosphoric acid groups is 1. The molecule has 3 aromatic heterocycles. The number of nitrogen functional groups attached to an aromatic ring is 2. The largest absolute Gasteiger partial charge is 0.472 e. The summed E-state index contributed by atoms with van der Waals surface area (Å²) in [6.07, 6.45) is -3.42. The van der Waals surface area contributed by atoms with E-state index in [0.717, 1.165) is 4.57 Å². The molecule has 11 N–H and O–H groups in total. The first-order valence-corrected chi connectivity index (χ1v) is 12.9. The Kier molecular flexibility index (Phi) is 8.17. The Morgan fingerprint density at radius 1 is 1.15 bits per heavy atom. The van der Waals surface area contributed by atoms with E-state index in [2.05, 4.69) is 19.9 Å². The molecule has 0 spiro atoms. The molecule has 214 valence electrons. The van der Waals surface area contributed by atoms with E-state index in [0.29, 0.717) is 0 Å². The highest BCUT2D eigenvalue weighted by molar-refractivity contribution is 7.47. The van der Waals surface area contributed by atoms with Gasteiger partial charge in [-0.15, -0.1) is 0 Å². The van der Waals surface area contributed by atoms with Crippen molar-refractivity contribution >= 4 is 30.8 Å². The lowest BCUT2D eigenvalue weighted by Gasteiger charge is -2.21. The number of rotatable bonds is 8. The zero-order valence-electron chi connectivity index (χ0n) is 20.3. The van der Waals surface area contributed by atoms with Gasteiger partial charge in [-0.05, 0) is 6.07 Å². The number of nitrogens with two attached hydrogens (primary N) is 2. The molecule has 7 atom stereocenters. The molecule has 3 aromatic rings. The van der Waals surface area contributed by atoms with Crippen molar-refractivity contribution in [2.75, 3.05) is 24.7 Å². The van der Waals surface area contributed by atoms with Crippen molar-refractivity contribution in [1.82, 2.24) is 35.2 Å². The van der Waals surface area contributed by atoms with Crippen LogP contribution in [0.3, 0.4) is 0 Å². The molecule has 2 saturated heterocycles. The summed E-state index contributed by atoms with van der Waals surface area (Å²) in [4.78, 5) is 48.4. The highest BCUT2D eigenvalue weighted by atomic mass is 31.2. The third-order valence-corrected chi connectivity index (χ3v) is 7.17. The lowest BCUT2D eigenvalue weighted by Crippen LogP contribution is -2.29. The maximum absolute atomic E-state index is 12.7. The number of hydrogen-bond donors (Lipinski definition) is 7. The third kappa shape index (κ3) is 5.86. The van der Waals surface area contributed by atoms with Crippen LogP contribution in [-0.4, -0.2) is 81.8 Å². The van der Waals surface area contributed by atoms with Gasteiger partial charge in [0.1, 0.15) is 36.6 Å². The number of nitrogens with one attached hydrogen (secondary N) is 1. The van der Waals surface area contributed by atoms with E-state index in [1.54, 1.807) is 0 Å². The molecule has 0 amide bonds. The number of aromatic amines is 1. The lowest BCUT2D eigenvalue weighted by atomic mass is 10.2. The summed E-state index contributed by atoms with van der Waals surface area (Å²) in [6.45, 7) is -1.10. The van der Waals surface area contributed by atoms with E-state index in [1.807, 2.05) is 0 Å². The summed E-state index contributed by atoms with van der Waals surface area (Å²) >= 11 is 0. The normalized spacial score (nSPS) is 28.4. The van der Waals surface area contributed by atoms with Gasteiger partial charge in [-0.1, -0.05) is 0 Å². The molecule has 0 saturated carbocycles. The molecule has 2 aliphatic rings. The van der Waals surface area contributed by atoms with Crippen LogP contribution in [-0.2, 0) is 23.1 Å². The SMILES string of the molecule is N.Nc1ccn([C@H]2C[C@H](OP(=O)(O)OC[C@H]3O[C@@H](n4cnc5c(=O)[nH]c(N)nc54)C[C@@H]3O)[C@@H](CO)O2)c(=O)n1. The van der Waals surface area contributed by atoms with Crippen LogP contribution in [0.2, 0.25) is 0 Å². The van der Waals surface area contributed by atoms with Crippen LogP contribution in [0.5, 0.6) is 0 Å². The van der Waals surface area contributed by atoms with Crippen molar-refractivity contribution in [3.63, 3.8) is 0 Å². The van der Waals surface area contributed by atoms with Gasteiger partial charge in [0.2, 0.25) is 5.95 Å². The van der Waals surface area contributed by atoms with Gasteiger partial charge in [-0.3, -0.25) is 28.0 Å². The quantitative estimate of drug-likeness (QED) is 0.145. The van der Waals surface area contributed by atoms with Crippen molar-refractivity contribution in [3.8, 4) is 0 Å². The molecular formula is C19H28N9O10P. The number of aliphatic hydroxyl groups is 2. The second kappa shape index (κ2) is 11.1. The Labute approximate surface area is 218 Å². The number of H-pyrrole nitrogens is 1. The van der Waals surface area contributed by atoms with E-state index >= 15 is 0 Å². The first kappa shape index (κ1) is 28.7. The van der Waals surface area contributed by atoms with Crippen LogP contribution in [0, 0.1) is 0 Å². The van der Waals surface area contributed by atoms with Crippen LogP contribution in [0.4, 0.5) is 11.8 Å². The molecule has 20 heteroatoms. The Morgan fingerprint density at radius 3 is 2.59 bits per heavy atom. The van der Waals surface area contributed by atoms with Gasteiger partial charge in [0, 0.05) is 19.0 Å². The van der Waals surface area contributed by atoms with Gasteiger partial charge in [-0.25, -0.2) is 14.3 Å². The summed E-state index contributed by atoms with van der Waals surface area (Å²) in [6, 6.07) is 1.38. The standard InChI is InChI=1S/C19H25N8O10P.H3N/c20-12-1-2-26(19(31)23-12)14-4-9(10(5-28)35-14)37-38(32,33)34-6-11-8(29)3-13(36-11)27-7-22-15-16(27)24-18(21)25-17(15)30;/h1-2,7-11,13-14,28-29H,3-6H2,(H,32,33)(H2,20,23,31)(H3,21,24,25,30);1H3/t8-,9-,10+,11+,13+,14+;/m0./s1. The van der Waals surface area contributed by atoms with Gasteiger partial charge >= 0.3 is 13.5 Å². The number of anilines is 2. The third-order valence-electron chi connectivity index (χ3n) is 6.16. The minimum Gasteiger partial charge on any atom is -0.394 e. The number of imidazole rings is 1. The van der Waals surface area contributed by atoms with Gasteiger partial charge in [0.25, 0.3) is 5.56 Å². The van der Waals surface area contributed by atoms with Crippen LogP contribution < -0.4 is 28.9 Å². The maximum atomic E-state index is 12.7. The molecule has 5 rings (SSSR count). The second-order valence-electron chi connectivity index (χ2n) is 8.71. The molecule has 19 nitrogen and oxygen atoms in total. The Balaban J connectivity index is 0.00000353. The summed E-state index contributed by atoms with van der Waals surface area (Å²) in [5.74, 6) is -0.115. The Hall–Kier alpha value is -3.26. The van der Waals surface area contributed by atoms with Crippen LogP contribution >= 0.6 is 7.82 Å². The molecule has 39 heavy (non-hydrogen) atoms. The van der Waals surface area contributed by atoms with Crippen molar-refractivity contribution in [2.45, 2.75) is 49.7 Å². The molecule has 2 fully saturated rings. The summed E-state index contributed by atoms with van der Waals surface area (Å²) < 4.78 is 36.8. The van der Waals surface area contributed by atoms with Gasteiger partial charge in [0.05, 0.1) is 25.6 Å². The molecule has 0 aromatic carbocycles. The molecular weight excluding hydrogens is 545 g/mol. The average Bonchev–Trinajstić information content (AvgIpc) is 3.54. The summed E-state index contributed by atoms with van der Waals surface area (Å²) in [7, 11) is -4.74. The van der Waals surface area contributed by atoms with E-state index in [1.165, 1.54) is 23.2 Å². The summed E-state index contributed by atoms with van der Waals surface area (Å²) in [5.41, 5.74) is 10.0. The fourth-order valence-corrected chi connectivity index (χ4v) is 5.31. The first-order valence-electron chi connectivity index (χ1n) is 11.4. The summed E-state index contributed by atoms with van der Waals surface area (Å²) in [5, 5.41) is 20.1. The number of phosphoric ester groups is 1. The van der Waals surface area contributed by atoms with Gasteiger partial charge in [0.15, 0.2) is 11.2 Å². The van der Waals surface area contributed by atoms with Crippen molar-refractivity contribution < 1.29 is 38.2 Å². The van der Waals surface area contributed by atoms with Gasteiger partial charge < -0.3 is 42.2 Å². The van der Waals surface area contributed by atoms with E-state index < -0.39 is 69.2 Å².